The van der Waals surface area contributed by atoms with E-state index in [2.05, 4.69) is 27.8 Å². The van der Waals surface area contributed by atoms with E-state index in [0.29, 0.717) is 12.8 Å². The molecule has 11 atom stereocenters. The van der Waals surface area contributed by atoms with Gasteiger partial charge in [0, 0.05) is 55.8 Å². The predicted octanol–water partition coefficient (Wildman–Crippen LogP) is 4.32. The Balaban J connectivity index is 4.38. The number of hydrogen-bond donors (Lipinski definition) is 5. The van der Waals surface area contributed by atoms with Gasteiger partial charge >= 0.3 is 0 Å². The highest BCUT2D eigenvalue weighted by Crippen LogP contribution is 2.26. The molecule has 0 bridgehead atoms. The zero-order chi connectivity index (χ0) is 67.6. The molecule has 1 rings (SSSR count). The van der Waals surface area contributed by atoms with Crippen LogP contribution in [0.4, 0.5) is 0 Å². The maximum absolute atomic E-state index is 15.2. The molecular weight excluding hydrogens is 1110 g/mol. The number of hydrogen-bond acceptors (Lipinski definition) is 12. The number of amides is 11. The van der Waals surface area contributed by atoms with Crippen molar-refractivity contribution < 1.29 is 57.8 Å². The molecule has 11 amide bonds. The van der Waals surface area contributed by atoms with Gasteiger partial charge < -0.3 is 60.7 Å². The molecule has 0 aromatic heterocycles. The topological polar surface area (TPSA) is 279 Å². The lowest BCUT2D eigenvalue weighted by Gasteiger charge is -2.41. The minimum Gasteiger partial charge on any atom is -0.390 e. The van der Waals surface area contributed by atoms with Gasteiger partial charge in [0.2, 0.25) is 59.1 Å². The summed E-state index contributed by atoms with van der Waals surface area (Å²) >= 11 is 0. The molecule has 496 valence electrons. The third kappa shape index (κ3) is 22.6. The van der Waals surface area contributed by atoms with Gasteiger partial charge in [-0.1, -0.05) is 102 Å². The first kappa shape index (κ1) is 78.6. The molecule has 23 heteroatoms. The number of allylic oxidation sites excluding steroid dienone is 2. The van der Waals surface area contributed by atoms with Gasteiger partial charge in [-0.3, -0.25) is 52.7 Å². The highest BCUT2D eigenvalue weighted by atomic mass is 16.3. The lowest BCUT2D eigenvalue weighted by Crippen LogP contribution is -2.61. The van der Waals surface area contributed by atoms with Crippen LogP contribution in [0.25, 0.3) is 0 Å². The summed E-state index contributed by atoms with van der Waals surface area (Å²) in [5.74, 6) is -9.14. The molecule has 0 aromatic rings. The van der Waals surface area contributed by atoms with Crippen LogP contribution >= 0.6 is 0 Å². The molecule has 1 saturated heterocycles. The number of nitrogens with one attached hydrogen (secondary N) is 4. The normalized spacial score (nSPS) is 26.3. The molecule has 0 saturated carbocycles. The van der Waals surface area contributed by atoms with Gasteiger partial charge in [-0.15, -0.1) is 0 Å². The minimum atomic E-state index is -1.57. The van der Waals surface area contributed by atoms with E-state index >= 15 is 14.4 Å². The Kier molecular flexibility index (Phi) is 31.6. The summed E-state index contributed by atoms with van der Waals surface area (Å²) in [6, 6.07) is -12.3. The summed E-state index contributed by atoms with van der Waals surface area (Å²) in [7, 11) is 9.88. The molecule has 1 aliphatic rings. The van der Waals surface area contributed by atoms with E-state index in [1.165, 1.54) is 102 Å². The molecule has 0 unspecified atom stereocenters. The van der Waals surface area contributed by atoms with Crippen molar-refractivity contribution in [3.8, 4) is 0 Å². The van der Waals surface area contributed by atoms with Crippen molar-refractivity contribution in [2.75, 3.05) is 49.3 Å². The van der Waals surface area contributed by atoms with E-state index < -0.39 is 149 Å². The number of carbonyl (C=O) groups excluding carboxylic acids is 11. The van der Waals surface area contributed by atoms with Crippen molar-refractivity contribution in [2.45, 2.75) is 235 Å². The highest BCUT2D eigenvalue weighted by molar-refractivity contribution is 6.02. The summed E-state index contributed by atoms with van der Waals surface area (Å²) in [5, 5.41) is 22.1. The van der Waals surface area contributed by atoms with E-state index in [0.717, 1.165) is 9.80 Å². The van der Waals surface area contributed by atoms with Crippen LogP contribution in [0, 0.1) is 35.5 Å². The molecule has 0 aromatic carbocycles. The van der Waals surface area contributed by atoms with Crippen LogP contribution in [0.2, 0.25) is 0 Å². The molecule has 0 aliphatic carbocycles. The van der Waals surface area contributed by atoms with Crippen LogP contribution in [0.3, 0.4) is 0 Å². The Labute approximate surface area is 520 Å². The van der Waals surface area contributed by atoms with Gasteiger partial charge in [0.05, 0.1) is 5.60 Å². The largest absolute Gasteiger partial charge is 0.390 e. The number of carbonyl (C=O) groups is 11. The van der Waals surface area contributed by atoms with Crippen LogP contribution in [-0.2, 0) is 52.7 Å². The second-order valence-electron chi connectivity index (χ2n) is 26.8. The fraction of sp³-hybridized carbons (Fsp3) is 0.766. The number of likely N-dealkylation sites (N-methyl/N-ethyl adjacent to an activating group) is 7. The van der Waals surface area contributed by atoms with E-state index in [1.54, 1.807) is 34.6 Å². The molecular formula is C64H113N11O12. The third-order valence-corrected chi connectivity index (χ3v) is 16.4. The Morgan fingerprint density at radius 1 is 0.517 bits per heavy atom. The first-order chi connectivity index (χ1) is 40.0. The summed E-state index contributed by atoms with van der Waals surface area (Å²) in [5.41, 5.74) is -1.96. The molecule has 23 nitrogen and oxygen atoms in total. The molecule has 1 fully saturated rings. The lowest BCUT2D eigenvalue weighted by atomic mass is 9.94. The second-order valence-corrected chi connectivity index (χ2v) is 26.8. The van der Waals surface area contributed by atoms with E-state index in [9.17, 15) is 43.5 Å². The second kappa shape index (κ2) is 35.0. The number of aliphatic hydroxyl groups is 1. The van der Waals surface area contributed by atoms with E-state index in [1.807, 2.05) is 67.5 Å². The van der Waals surface area contributed by atoms with Gasteiger partial charge in [-0.2, -0.15) is 0 Å². The van der Waals surface area contributed by atoms with Crippen molar-refractivity contribution in [3.05, 3.63) is 24.4 Å². The number of rotatable bonds is 16. The first-order valence-electron chi connectivity index (χ1n) is 31.1. The van der Waals surface area contributed by atoms with Crippen LogP contribution in [0.1, 0.15) is 169 Å². The van der Waals surface area contributed by atoms with Crippen molar-refractivity contribution in [3.63, 3.8) is 0 Å². The average Bonchev–Trinajstić information content (AvgIpc) is 1.22. The number of nitrogens with zero attached hydrogens (tertiary/aromatic N) is 7. The Morgan fingerprint density at radius 3 is 1.46 bits per heavy atom. The fourth-order valence-electron chi connectivity index (χ4n) is 10.8. The van der Waals surface area contributed by atoms with Crippen LogP contribution in [-0.4, -0.2) is 220 Å². The maximum atomic E-state index is 15.2. The smallest absolute Gasteiger partial charge is 0.270 e. The van der Waals surface area contributed by atoms with Crippen molar-refractivity contribution in [2.24, 2.45) is 35.5 Å². The quantitative estimate of drug-likeness (QED) is 0.107. The Bertz CT molecular complexity index is 2440. The average molecular weight is 1230 g/mol. The van der Waals surface area contributed by atoms with Crippen molar-refractivity contribution in [1.82, 2.24) is 55.6 Å². The standard InChI is InChI=1S/C64H113N11O12/c1-26-28-29-41(13)34-48-55(78)67-45(27-2)59(82)69(19)44(16)58(81)74(24)50(35-64(17,18)87)56(79)68-51(39(9)10)62(85)71(21)47(32-37(5)6)54(77)65-42(14)53(76)66-43(15)57(80)73(23)49(33-38(7)8)61(84)70(20)46(31-30-36(3)4)60(83)75(25)52(40(11)12)63(86)72(48)22/h26,28,36-43,45-52,87H,16,27,29-35H2,1-15,17-25H3,(H,65,77)(H,66,76)(H,67,78)(H,68,79)/b28-26+/t41-,42-,43+,45-,46-,47-,48-,49+,50+,51-,52-/m1/s1. The minimum absolute atomic E-state index is 0.0259. The van der Waals surface area contributed by atoms with Crippen LogP contribution in [0.5, 0.6) is 0 Å². The van der Waals surface area contributed by atoms with Gasteiger partial charge in [0.25, 0.3) is 5.91 Å². The molecule has 0 spiro atoms. The predicted molar refractivity (Wildman–Crippen MR) is 337 cm³/mol. The SMILES string of the molecule is C=C1C(=O)N(C)[C@@H](CC(C)(C)O)C(=O)N[C@H](C(C)C)C(=O)N(C)[C@H](CC(C)C)C(=O)N[C@H](C)C(=O)N[C@@H](C)C(=O)N(C)[C@@H](CC(C)C)C(=O)N(C)[C@H](CCC(C)C)C(=O)N(C)[C@H](C(C)C)C(=O)N(C)[C@H](C[C@H](C)C/C=C/C)C(=O)N[C@H](CC)C(=O)N1C. The third-order valence-electron chi connectivity index (χ3n) is 16.4. The maximum Gasteiger partial charge on any atom is 0.270 e. The van der Waals surface area contributed by atoms with Crippen LogP contribution < -0.4 is 21.3 Å². The molecule has 1 heterocycles. The van der Waals surface area contributed by atoms with Crippen LogP contribution in [0.15, 0.2) is 24.4 Å². The zero-order valence-electron chi connectivity index (χ0n) is 57.3. The van der Waals surface area contributed by atoms with Crippen molar-refractivity contribution >= 4 is 65.0 Å². The highest BCUT2D eigenvalue weighted by Gasteiger charge is 2.44. The zero-order valence-corrected chi connectivity index (χ0v) is 57.3. The summed E-state index contributed by atoms with van der Waals surface area (Å²) < 4.78 is 0. The summed E-state index contributed by atoms with van der Waals surface area (Å²) in [4.78, 5) is 169. The van der Waals surface area contributed by atoms with Gasteiger partial charge in [0.1, 0.15) is 66.1 Å². The summed E-state index contributed by atoms with van der Waals surface area (Å²) in [6.45, 7) is 33.4. The molecule has 0 radical (unpaired) electrons. The fourth-order valence-corrected chi connectivity index (χ4v) is 10.8. The first-order valence-corrected chi connectivity index (χ1v) is 31.1. The molecule has 87 heavy (non-hydrogen) atoms. The summed E-state index contributed by atoms with van der Waals surface area (Å²) in [6.07, 6.45) is 5.16. The lowest BCUT2D eigenvalue weighted by molar-refractivity contribution is -0.156. The van der Waals surface area contributed by atoms with E-state index in [4.69, 9.17) is 0 Å². The van der Waals surface area contributed by atoms with Gasteiger partial charge in [0.15, 0.2) is 0 Å². The molecule has 1 aliphatic heterocycles. The van der Waals surface area contributed by atoms with Gasteiger partial charge in [-0.25, -0.2) is 0 Å². The Morgan fingerprint density at radius 2 is 0.977 bits per heavy atom. The monoisotopic (exact) mass is 1230 g/mol. The van der Waals surface area contributed by atoms with Gasteiger partial charge in [-0.05, 0) is 115 Å². The van der Waals surface area contributed by atoms with E-state index in [-0.39, 0.29) is 62.2 Å². The Hall–Kier alpha value is -6.39. The molecule has 5 N–H and O–H groups in total. The van der Waals surface area contributed by atoms with Crippen molar-refractivity contribution in [1.29, 1.82) is 0 Å².